The normalized spacial score (nSPS) is 11.6. The zero-order valence-corrected chi connectivity index (χ0v) is 8.75. The summed E-state index contributed by atoms with van der Waals surface area (Å²) < 4.78 is 0. The van der Waals surface area contributed by atoms with Crippen LogP contribution in [0.15, 0.2) is 18.5 Å². The number of nitrogens with two attached hydrogens (primary N) is 1. The Morgan fingerprint density at radius 2 is 2.36 bits per heavy atom. The number of rotatable bonds is 3. The van der Waals surface area contributed by atoms with Gasteiger partial charge in [-0.05, 0) is 37.5 Å². The summed E-state index contributed by atoms with van der Waals surface area (Å²) in [6.07, 6.45) is 5.40. The van der Waals surface area contributed by atoms with Crippen LogP contribution in [0, 0.1) is 18.8 Å². The minimum Gasteiger partial charge on any atom is -0.324 e. The van der Waals surface area contributed by atoms with E-state index in [9.17, 15) is 0 Å². The summed E-state index contributed by atoms with van der Waals surface area (Å²) in [5.74, 6) is 5.89. The van der Waals surface area contributed by atoms with E-state index in [0.717, 1.165) is 18.4 Å². The van der Waals surface area contributed by atoms with Gasteiger partial charge in [-0.1, -0.05) is 0 Å². The molecule has 0 aliphatic carbocycles. The SMILES string of the molecule is CC#CCCC(N)c1ccncc1C. The van der Waals surface area contributed by atoms with E-state index in [-0.39, 0.29) is 6.04 Å². The molecule has 2 nitrogen and oxygen atoms in total. The van der Waals surface area contributed by atoms with Crippen LogP contribution in [-0.4, -0.2) is 4.98 Å². The molecule has 0 spiro atoms. The molecule has 2 N–H and O–H groups in total. The van der Waals surface area contributed by atoms with Crippen molar-refractivity contribution in [3.63, 3.8) is 0 Å². The average Bonchev–Trinajstić information content (AvgIpc) is 2.18. The Kier molecular flexibility index (Phi) is 4.15. The van der Waals surface area contributed by atoms with E-state index in [1.165, 1.54) is 5.56 Å². The number of nitrogens with zero attached hydrogens (tertiary/aromatic N) is 1. The third kappa shape index (κ3) is 2.86. The van der Waals surface area contributed by atoms with Gasteiger partial charge in [0.05, 0.1) is 0 Å². The third-order valence-electron chi connectivity index (χ3n) is 2.22. The summed E-state index contributed by atoms with van der Waals surface area (Å²) in [4.78, 5) is 4.04. The molecule has 14 heavy (non-hydrogen) atoms. The molecule has 1 unspecified atom stereocenters. The predicted molar refractivity (Wildman–Crippen MR) is 58.6 cm³/mol. The first-order valence-corrected chi connectivity index (χ1v) is 4.81. The molecule has 0 bridgehead atoms. The zero-order chi connectivity index (χ0) is 10.4. The number of hydrogen-bond acceptors (Lipinski definition) is 2. The molecule has 1 rings (SSSR count). The summed E-state index contributed by atoms with van der Waals surface area (Å²) in [7, 11) is 0. The highest BCUT2D eigenvalue weighted by Gasteiger charge is 2.06. The smallest absolute Gasteiger partial charge is 0.0307 e. The lowest BCUT2D eigenvalue weighted by Gasteiger charge is -2.12. The monoisotopic (exact) mass is 188 g/mol. The molecule has 74 valence electrons. The zero-order valence-electron chi connectivity index (χ0n) is 8.75. The fourth-order valence-electron chi connectivity index (χ4n) is 1.41. The van der Waals surface area contributed by atoms with Gasteiger partial charge >= 0.3 is 0 Å². The van der Waals surface area contributed by atoms with Gasteiger partial charge in [0.2, 0.25) is 0 Å². The Balaban J connectivity index is 2.63. The molecule has 0 saturated heterocycles. The van der Waals surface area contributed by atoms with Crippen LogP contribution in [0.5, 0.6) is 0 Å². The molecule has 0 fully saturated rings. The van der Waals surface area contributed by atoms with Gasteiger partial charge < -0.3 is 5.73 Å². The fourth-order valence-corrected chi connectivity index (χ4v) is 1.41. The largest absolute Gasteiger partial charge is 0.324 e. The Bertz CT molecular complexity index is 347. The number of hydrogen-bond donors (Lipinski definition) is 1. The van der Waals surface area contributed by atoms with Gasteiger partial charge in [0, 0.05) is 24.9 Å². The van der Waals surface area contributed by atoms with Gasteiger partial charge in [0.1, 0.15) is 0 Å². The van der Waals surface area contributed by atoms with E-state index in [1.54, 1.807) is 6.20 Å². The first kappa shape index (κ1) is 10.7. The first-order chi connectivity index (χ1) is 6.75. The van der Waals surface area contributed by atoms with Gasteiger partial charge in [0.25, 0.3) is 0 Å². The van der Waals surface area contributed by atoms with Crippen molar-refractivity contribution in [1.82, 2.24) is 4.98 Å². The van der Waals surface area contributed by atoms with E-state index in [1.807, 2.05) is 26.1 Å². The van der Waals surface area contributed by atoms with E-state index >= 15 is 0 Å². The lowest BCUT2D eigenvalue weighted by molar-refractivity contribution is 0.662. The van der Waals surface area contributed by atoms with Crippen molar-refractivity contribution < 1.29 is 0 Å². The van der Waals surface area contributed by atoms with Crippen molar-refractivity contribution in [2.45, 2.75) is 32.7 Å². The van der Waals surface area contributed by atoms with E-state index in [0.29, 0.717) is 0 Å². The third-order valence-corrected chi connectivity index (χ3v) is 2.22. The molecule has 1 atom stereocenters. The van der Waals surface area contributed by atoms with Crippen molar-refractivity contribution in [2.75, 3.05) is 0 Å². The van der Waals surface area contributed by atoms with Crippen LogP contribution in [0.4, 0.5) is 0 Å². The van der Waals surface area contributed by atoms with E-state index in [2.05, 4.69) is 16.8 Å². The molecule has 0 aromatic carbocycles. The molecule has 2 heteroatoms. The average molecular weight is 188 g/mol. The topological polar surface area (TPSA) is 38.9 Å². The Labute approximate surface area is 85.5 Å². The lowest BCUT2D eigenvalue weighted by atomic mass is 10.0. The van der Waals surface area contributed by atoms with Crippen LogP contribution in [-0.2, 0) is 0 Å². The maximum absolute atomic E-state index is 6.04. The van der Waals surface area contributed by atoms with Crippen molar-refractivity contribution in [1.29, 1.82) is 0 Å². The molecular weight excluding hydrogens is 172 g/mol. The second-order valence-corrected chi connectivity index (χ2v) is 3.30. The predicted octanol–water partition coefficient (Wildman–Crippen LogP) is 2.19. The second-order valence-electron chi connectivity index (χ2n) is 3.30. The molecule has 1 aromatic heterocycles. The summed E-state index contributed by atoms with van der Waals surface area (Å²) in [5, 5.41) is 0. The maximum Gasteiger partial charge on any atom is 0.0307 e. The van der Waals surface area contributed by atoms with Gasteiger partial charge in [-0.2, -0.15) is 0 Å². The lowest BCUT2D eigenvalue weighted by Crippen LogP contribution is -2.11. The quantitative estimate of drug-likeness (QED) is 0.738. The van der Waals surface area contributed by atoms with Gasteiger partial charge in [-0.25, -0.2) is 0 Å². The Morgan fingerprint density at radius 3 is 3.00 bits per heavy atom. The molecule has 1 heterocycles. The van der Waals surface area contributed by atoms with Crippen LogP contribution in [0.1, 0.15) is 36.9 Å². The van der Waals surface area contributed by atoms with Gasteiger partial charge in [0.15, 0.2) is 0 Å². The number of aromatic nitrogens is 1. The summed E-state index contributed by atoms with van der Waals surface area (Å²) in [6, 6.07) is 2.07. The molecular formula is C12H16N2. The van der Waals surface area contributed by atoms with Crippen molar-refractivity contribution in [2.24, 2.45) is 5.73 Å². The molecule has 0 aliphatic rings. The van der Waals surface area contributed by atoms with Crippen LogP contribution in [0.3, 0.4) is 0 Å². The Hall–Kier alpha value is -1.33. The standard InChI is InChI=1S/C12H16N2/c1-3-4-5-6-12(13)11-7-8-14-9-10(11)2/h7-9,12H,5-6,13H2,1-2H3. The highest BCUT2D eigenvalue weighted by molar-refractivity contribution is 5.25. The first-order valence-electron chi connectivity index (χ1n) is 4.81. The fraction of sp³-hybridized carbons (Fsp3) is 0.417. The number of aryl methyl sites for hydroxylation is 1. The van der Waals surface area contributed by atoms with Crippen LogP contribution < -0.4 is 5.73 Å². The molecule has 0 aliphatic heterocycles. The molecule has 0 saturated carbocycles. The molecule has 0 radical (unpaired) electrons. The van der Waals surface area contributed by atoms with Crippen molar-refractivity contribution in [3.8, 4) is 11.8 Å². The minimum atomic E-state index is 0.0823. The summed E-state index contributed by atoms with van der Waals surface area (Å²) in [5.41, 5.74) is 8.38. The van der Waals surface area contributed by atoms with Crippen LogP contribution in [0.25, 0.3) is 0 Å². The maximum atomic E-state index is 6.04. The van der Waals surface area contributed by atoms with E-state index < -0.39 is 0 Å². The summed E-state index contributed by atoms with van der Waals surface area (Å²) >= 11 is 0. The molecule has 1 aromatic rings. The summed E-state index contributed by atoms with van der Waals surface area (Å²) in [6.45, 7) is 3.89. The highest BCUT2D eigenvalue weighted by atomic mass is 14.7. The minimum absolute atomic E-state index is 0.0823. The van der Waals surface area contributed by atoms with E-state index in [4.69, 9.17) is 5.73 Å². The van der Waals surface area contributed by atoms with Gasteiger partial charge in [-0.3, -0.25) is 4.98 Å². The Morgan fingerprint density at radius 1 is 1.57 bits per heavy atom. The van der Waals surface area contributed by atoms with Crippen molar-refractivity contribution in [3.05, 3.63) is 29.6 Å². The molecule has 0 amide bonds. The van der Waals surface area contributed by atoms with Crippen molar-refractivity contribution >= 4 is 0 Å². The highest BCUT2D eigenvalue weighted by Crippen LogP contribution is 2.17. The number of pyridine rings is 1. The van der Waals surface area contributed by atoms with Crippen LogP contribution >= 0.6 is 0 Å². The van der Waals surface area contributed by atoms with Crippen LogP contribution in [0.2, 0.25) is 0 Å². The van der Waals surface area contributed by atoms with Gasteiger partial charge in [-0.15, -0.1) is 11.8 Å². The second kappa shape index (κ2) is 5.41.